The zero-order valence-corrected chi connectivity index (χ0v) is 24.1. The first kappa shape index (κ1) is 31.5. The van der Waals surface area contributed by atoms with Gasteiger partial charge in [-0.15, -0.1) is 23.4 Å². The second-order valence-corrected chi connectivity index (χ2v) is 9.83. The second-order valence-electron chi connectivity index (χ2n) is 8.98. The highest BCUT2D eigenvalue weighted by Gasteiger charge is 2.31. The molecule has 15 heteroatoms. The molecule has 0 radical (unpaired) electrons. The molecule has 3 N–H and O–H groups in total. The predicted octanol–water partition coefficient (Wildman–Crippen LogP) is 6.51. The van der Waals surface area contributed by atoms with E-state index in [1.54, 1.807) is 67.7 Å². The highest BCUT2D eigenvalue weighted by Crippen LogP contribution is 2.33. The maximum Gasteiger partial charge on any atom is 0.573 e. The van der Waals surface area contributed by atoms with Gasteiger partial charge in [0.1, 0.15) is 5.75 Å². The number of carbonyl (C=O) groups is 1. The van der Waals surface area contributed by atoms with Crippen LogP contribution in [0.2, 0.25) is 10.0 Å². The number of H-pyrrole nitrogens is 1. The molecule has 0 unspecified atom stereocenters. The molecule has 43 heavy (non-hydrogen) atoms. The van der Waals surface area contributed by atoms with E-state index < -0.39 is 12.3 Å². The van der Waals surface area contributed by atoms with Gasteiger partial charge in [0.25, 0.3) is 0 Å². The topological polar surface area (TPSA) is 131 Å². The van der Waals surface area contributed by atoms with Crippen molar-refractivity contribution in [2.45, 2.75) is 25.7 Å². The molecular weight excluding hydrogens is 610 g/mol. The summed E-state index contributed by atoms with van der Waals surface area (Å²) in [5, 5.41) is 31.8. The quantitative estimate of drug-likeness (QED) is 0.176. The number of tetrazole rings is 1. The lowest BCUT2D eigenvalue weighted by Gasteiger charge is -2.12. The summed E-state index contributed by atoms with van der Waals surface area (Å²) in [5.41, 5.74) is 3.07. The normalized spacial score (nSPS) is 11.9. The fraction of sp³-hybridized carbons (Fsp3) is 0.179. The smallest absolute Gasteiger partial charge is 0.476 e. The molecule has 5 rings (SSSR count). The Hall–Kier alpha value is -4.46. The number of ether oxygens (including phenoxy) is 1. The van der Waals surface area contributed by atoms with Crippen molar-refractivity contribution < 1.29 is 27.8 Å². The average Bonchev–Trinajstić information content (AvgIpc) is 3.62. The monoisotopic (exact) mass is 633 g/mol. The number of hydrogen-bond acceptors (Lipinski definition) is 7. The number of nitrogens with zero attached hydrogens (tertiary/aromatic N) is 5. The van der Waals surface area contributed by atoms with Gasteiger partial charge >= 0.3 is 12.3 Å². The van der Waals surface area contributed by atoms with Crippen LogP contribution < -0.4 is 10.1 Å². The van der Waals surface area contributed by atoms with E-state index in [4.69, 9.17) is 23.2 Å². The van der Waals surface area contributed by atoms with Crippen LogP contribution in [0.25, 0.3) is 16.9 Å². The number of hydrogen-bond donors (Lipinski definition) is 3. The number of benzene rings is 3. The Bertz CT molecular complexity index is 1660. The summed E-state index contributed by atoms with van der Waals surface area (Å²) in [4.78, 5) is 11.9. The summed E-state index contributed by atoms with van der Waals surface area (Å²) in [7, 11) is 1.78. The molecule has 10 nitrogen and oxygen atoms in total. The number of nitrogens with one attached hydrogen (secondary N) is 2. The van der Waals surface area contributed by atoms with Crippen molar-refractivity contribution in [2.24, 2.45) is 0 Å². The number of aromatic amines is 1. The van der Waals surface area contributed by atoms with Crippen LogP contribution in [-0.2, 0) is 6.42 Å². The molecule has 1 atom stereocenters. The SMILES string of the molecule is CN[C@H](C)c1ccc(OC(F)(F)F)cc1.O=C(O)c1nn(-c2ccccc2Cl)c(-c2ccc(Cl)cc2)c1Cc1nn[nH]n1. The minimum Gasteiger partial charge on any atom is -0.476 e. The van der Waals surface area contributed by atoms with Crippen LogP contribution in [0.5, 0.6) is 5.75 Å². The predicted molar refractivity (Wildman–Crippen MR) is 154 cm³/mol. The van der Waals surface area contributed by atoms with Gasteiger partial charge in [-0.3, -0.25) is 0 Å². The average molecular weight is 634 g/mol. The van der Waals surface area contributed by atoms with E-state index in [2.05, 4.69) is 35.8 Å². The van der Waals surface area contributed by atoms with Gasteiger partial charge < -0.3 is 15.2 Å². The lowest BCUT2D eigenvalue weighted by atomic mass is 10.0. The molecule has 0 spiro atoms. The lowest BCUT2D eigenvalue weighted by molar-refractivity contribution is -0.274. The Morgan fingerprint density at radius 2 is 1.74 bits per heavy atom. The van der Waals surface area contributed by atoms with E-state index in [1.165, 1.54) is 16.8 Å². The molecule has 3 aromatic carbocycles. The molecular formula is C28H24Cl2F3N7O3. The third-order valence-corrected chi connectivity index (χ3v) is 6.73. The number of carboxylic acid groups (broad SMARTS) is 1. The second kappa shape index (κ2) is 13.7. The van der Waals surface area contributed by atoms with Crippen LogP contribution in [0.3, 0.4) is 0 Å². The molecule has 2 aromatic heterocycles. The van der Waals surface area contributed by atoms with Crippen molar-refractivity contribution in [3.8, 4) is 22.7 Å². The number of rotatable bonds is 8. The maximum atomic E-state index is 11.9. The fourth-order valence-electron chi connectivity index (χ4n) is 4.03. The van der Waals surface area contributed by atoms with Crippen molar-refractivity contribution in [3.05, 3.63) is 105 Å². The van der Waals surface area contributed by atoms with E-state index in [-0.39, 0.29) is 23.9 Å². The van der Waals surface area contributed by atoms with Crippen molar-refractivity contribution in [2.75, 3.05) is 7.05 Å². The molecule has 0 fully saturated rings. The summed E-state index contributed by atoms with van der Waals surface area (Å²) in [6, 6.07) is 20.0. The molecule has 0 saturated carbocycles. The Labute approximate surface area is 253 Å². The number of aromatic nitrogens is 6. The summed E-state index contributed by atoms with van der Waals surface area (Å²) in [6.45, 7) is 1.92. The van der Waals surface area contributed by atoms with E-state index in [0.29, 0.717) is 32.8 Å². The largest absolute Gasteiger partial charge is 0.573 e. The molecule has 2 heterocycles. The van der Waals surface area contributed by atoms with Gasteiger partial charge in [0, 0.05) is 28.6 Å². The number of alkyl halides is 3. The van der Waals surface area contributed by atoms with E-state index in [9.17, 15) is 23.1 Å². The number of aromatic carboxylic acids is 1. The highest BCUT2D eigenvalue weighted by atomic mass is 35.5. The minimum atomic E-state index is -4.63. The molecule has 0 aliphatic rings. The Kier molecular flexibility index (Phi) is 10.0. The van der Waals surface area contributed by atoms with Gasteiger partial charge in [-0.05, 0) is 55.9 Å². The summed E-state index contributed by atoms with van der Waals surface area (Å²) in [5.74, 6) is -1.02. The fourth-order valence-corrected chi connectivity index (χ4v) is 4.37. The first-order valence-corrected chi connectivity index (χ1v) is 13.3. The van der Waals surface area contributed by atoms with Crippen molar-refractivity contribution in [3.63, 3.8) is 0 Å². The van der Waals surface area contributed by atoms with Crippen molar-refractivity contribution in [1.82, 2.24) is 35.7 Å². The molecule has 0 bridgehead atoms. The Morgan fingerprint density at radius 1 is 1.07 bits per heavy atom. The number of carboxylic acids is 1. The molecule has 0 aliphatic heterocycles. The van der Waals surface area contributed by atoms with Crippen molar-refractivity contribution in [1.29, 1.82) is 0 Å². The van der Waals surface area contributed by atoms with Gasteiger partial charge in [0.2, 0.25) is 0 Å². The maximum absolute atomic E-state index is 11.9. The third kappa shape index (κ3) is 8.09. The molecule has 0 saturated heterocycles. The van der Waals surface area contributed by atoms with Crippen LogP contribution in [0.1, 0.15) is 40.4 Å². The molecule has 5 aromatic rings. The minimum absolute atomic E-state index is 0.102. The number of para-hydroxylation sites is 1. The Balaban J connectivity index is 0.000000239. The lowest BCUT2D eigenvalue weighted by Crippen LogP contribution is -2.17. The summed E-state index contributed by atoms with van der Waals surface area (Å²) >= 11 is 12.4. The van der Waals surface area contributed by atoms with E-state index in [1.807, 2.05) is 6.92 Å². The summed E-state index contributed by atoms with van der Waals surface area (Å²) < 4.78 is 40.8. The van der Waals surface area contributed by atoms with Crippen LogP contribution in [0.4, 0.5) is 13.2 Å². The van der Waals surface area contributed by atoms with Crippen LogP contribution in [-0.4, -0.2) is 54.9 Å². The third-order valence-electron chi connectivity index (χ3n) is 6.16. The van der Waals surface area contributed by atoms with Crippen molar-refractivity contribution >= 4 is 29.2 Å². The zero-order valence-electron chi connectivity index (χ0n) is 22.6. The molecule has 0 aliphatic carbocycles. The van der Waals surface area contributed by atoms with Crippen LogP contribution in [0, 0.1) is 0 Å². The van der Waals surface area contributed by atoms with Crippen LogP contribution in [0.15, 0.2) is 72.8 Å². The van der Waals surface area contributed by atoms with Gasteiger partial charge in [-0.25, -0.2) is 9.48 Å². The van der Waals surface area contributed by atoms with Gasteiger partial charge in [-0.2, -0.15) is 10.3 Å². The summed E-state index contributed by atoms with van der Waals surface area (Å²) in [6.07, 6.45) is -4.50. The molecule has 0 amide bonds. The van der Waals surface area contributed by atoms with Crippen LogP contribution >= 0.6 is 23.2 Å². The highest BCUT2D eigenvalue weighted by molar-refractivity contribution is 6.32. The zero-order chi connectivity index (χ0) is 31.1. The Morgan fingerprint density at radius 3 is 2.30 bits per heavy atom. The van der Waals surface area contributed by atoms with E-state index >= 15 is 0 Å². The van der Waals surface area contributed by atoms with Gasteiger partial charge in [-0.1, -0.05) is 64.8 Å². The first-order valence-electron chi connectivity index (χ1n) is 12.6. The van der Waals surface area contributed by atoms with Gasteiger partial charge in [0.15, 0.2) is 11.5 Å². The van der Waals surface area contributed by atoms with Gasteiger partial charge in [0.05, 0.1) is 16.4 Å². The van der Waals surface area contributed by atoms with E-state index in [0.717, 1.165) is 11.1 Å². The number of halogens is 5. The molecule has 224 valence electrons. The standard InChI is InChI=1S/C18H12Cl2N6O2.C10H12F3NO/c19-11-7-5-10(6-8-11)17-12(9-15-21-24-25-22-15)16(18(27)28)23-26(17)14-4-2-1-3-13(14)20;1-7(14-2)8-3-5-9(6-4-8)15-10(11,12)13/h1-8H,9H2,(H,27,28)(H,21,22,24,25);3-7,14H,1-2H3/t;7-/m.1/s1. The first-order chi connectivity index (χ1) is 20.5.